The molecule has 0 atom stereocenters. The fourth-order valence-electron chi connectivity index (χ4n) is 3.61. The van der Waals surface area contributed by atoms with Crippen LogP contribution >= 0.6 is 0 Å². The minimum atomic E-state index is 0.322. The topological polar surface area (TPSA) is 17.1 Å². The first-order valence-corrected chi connectivity index (χ1v) is 7.79. The summed E-state index contributed by atoms with van der Waals surface area (Å²) >= 11 is 0. The van der Waals surface area contributed by atoms with Gasteiger partial charge >= 0.3 is 0 Å². The summed E-state index contributed by atoms with van der Waals surface area (Å²) in [6, 6.07) is 6.18. The Hall–Kier alpha value is -1.11. The molecule has 3 rings (SSSR count). The smallest absolute Gasteiger partial charge is 0.166 e. The van der Waals surface area contributed by atoms with Crippen LogP contribution in [0.3, 0.4) is 0 Å². The Bertz CT molecular complexity index is 466. The fourth-order valence-corrected chi connectivity index (χ4v) is 3.61. The zero-order chi connectivity index (χ0) is 13.4. The lowest BCUT2D eigenvalue weighted by Crippen LogP contribution is -2.38. The summed E-state index contributed by atoms with van der Waals surface area (Å²) < 4.78 is 0. The maximum Gasteiger partial charge on any atom is 0.166 e. The average Bonchev–Trinajstić information content (AvgIpc) is 2.26. The van der Waals surface area contributed by atoms with Gasteiger partial charge in [0, 0.05) is 11.5 Å². The number of ketones is 1. The summed E-state index contributed by atoms with van der Waals surface area (Å²) in [6.07, 6.45) is 7.76. The molecule has 102 valence electrons. The van der Waals surface area contributed by atoms with Gasteiger partial charge in [-0.3, -0.25) is 4.79 Å². The number of benzene rings is 1. The number of hydrogen-bond donors (Lipinski definition) is 0. The van der Waals surface area contributed by atoms with Crippen LogP contribution in [0.2, 0.25) is 0 Å². The Labute approximate surface area is 116 Å². The van der Waals surface area contributed by atoms with Gasteiger partial charge in [-0.1, -0.05) is 31.0 Å². The molecule has 0 bridgehead atoms. The van der Waals surface area contributed by atoms with E-state index in [1.54, 1.807) is 0 Å². The van der Waals surface area contributed by atoms with Gasteiger partial charge in [0.25, 0.3) is 0 Å². The minimum absolute atomic E-state index is 0.322. The molecular weight excluding hydrogens is 232 g/mol. The first-order chi connectivity index (χ1) is 9.18. The van der Waals surface area contributed by atoms with Gasteiger partial charge in [0.05, 0.1) is 0 Å². The zero-order valence-corrected chi connectivity index (χ0v) is 12.1. The van der Waals surface area contributed by atoms with E-state index in [0.717, 1.165) is 5.56 Å². The summed E-state index contributed by atoms with van der Waals surface area (Å²) in [5, 5.41) is 0. The molecule has 1 aromatic rings. The number of rotatable bonds is 4. The van der Waals surface area contributed by atoms with Crippen LogP contribution < -0.4 is 0 Å². The Morgan fingerprint density at radius 3 is 2.11 bits per heavy atom. The van der Waals surface area contributed by atoms with Gasteiger partial charge in [-0.25, -0.2) is 0 Å². The van der Waals surface area contributed by atoms with Crippen LogP contribution in [0.5, 0.6) is 0 Å². The van der Waals surface area contributed by atoms with Crippen LogP contribution in [-0.4, -0.2) is 5.78 Å². The van der Waals surface area contributed by atoms with Crippen LogP contribution in [0.1, 0.15) is 60.0 Å². The highest BCUT2D eigenvalue weighted by atomic mass is 16.1. The number of Topliss-reactive ketones (excluding diaryl/α,β-unsaturated/α-hetero) is 1. The standard InChI is InChI=1S/C18H24O/c1-12-6-3-11-16(13(12)2)18(19)17(14-7-4-8-14)15-9-5-10-15/h3,6,11,14-15,17H,4-5,7-10H2,1-2H3. The second-order valence-corrected chi connectivity index (χ2v) is 6.52. The Kier molecular flexibility index (Phi) is 3.47. The van der Waals surface area contributed by atoms with Gasteiger partial charge in [-0.15, -0.1) is 0 Å². The molecule has 0 N–H and O–H groups in total. The molecule has 0 aliphatic heterocycles. The van der Waals surface area contributed by atoms with E-state index in [1.807, 2.05) is 12.1 Å². The van der Waals surface area contributed by atoms with Gasteiger partial charge in [-0.2, -0.15) is 0 Å². The summed E-state index contributed by atoms with van der Waals surface area (Å²) in [4.78, 5) is 13.0. The second-order valence-electron chi connectivity index (χ2n) is 6.52. The lowest BCUT2D eigenvalue weighted by molar-refractivity contribution is 0.0577. The lowest BCUT2D eigenvalue weighted by Gasteiger charge is -2.41. The van der Waals surface area contributed by atoms with Crippen molar-refractivity contribution < 1.29 is 4.79 Å². The number of aryl methyl sites for hydroxylation is 1. The van der Waals surface area contributed by atoms with Crippen molar-refractivity contribution in [3.8, 4) is 0 Å². The van der Waals surface area contributed by atoms with Gasteiger partial charge in [0.1, 0.15) is 0 Å². The third kappa shape index (κ3) is 2.24. The molecule has 0 spiro atoms. The second kappa shape index (κ2) is 5.11. The molecule has 19 heavy (non-hydrogen) atoms. The van der Waals surface area contributed by atoms with E-state index in [4.69, 9.17) is 0 Å². The molecule has 1 heteroatoms. The first-order valence-electron chi connectivity index (χ1n) is 7.79. The highest BCUT2D eigenvalue weighted by molar-refractivity contribution is 5.99. The van der Waals surface area contributed by atoms with Crippen LogP contribution in [0, 0.1) is 31.6 Å². The third-order valence-corrected chi connectivity index (χ3v) is 5.49. The van der Waals surface area contributed by atoms with Crippen molar-refractivity contribution >= 4 is 5.78 Å². The molecular formula is C18H24O. The largest absolute Gasteiger partial charge is 0.294 e. The Balaban J connectivity index is 1.88. The number of carbonyl (C=O) groups is 1. The zero-order valence-electron chi connectivity index (χ0n) is 12.1. The molecule has 2 saturated carbocycles. The molecule has 0 radical (unpaired) electrons. The van der Waals surface area contributed by atoms with Gasteiger partial charge in [0.2, 0.25) is 0 Å². The summed E-state index contributed by atoms with van der Waals surface area (Å²) in [5.74, 6) is 2.12. The molecule has 0 aromatic heterocycles. The van der Waals surface area contributed by atoms with Crippen LogP contribution in [0.15, 0.2) is 18.2 Å². The predicted octanol–water partition coefficient (Wildman–Crippen LogP) is 4.70. The Morgan fingerprint density at radius 2 is 1.63 bits per heavy atom. The van der Waals surface area contributed by atoms with Crippen molar-refractivity contribution in [3.05, 3.63) is 34.9 Å². The molecule has 2 fully saturated rings. The summed E-state index contributed by atoms with van der Waals surface area (Å²) in [7, 11) is 0. The molecule has 1 nitrogen and oxygen atoms in total. The maximum atomic E-state index is 13.0. The van der Waals surface area contributed by atoms with Crippen molar-refractivity contribution in [2.45, 2.75) is 52.4 Å². The summed E-state index contributed by atoms with van der Waals surface area (Å²) in [5.41, 5.74) is 3.42. The van der Waals surface area contributed by atoms with E-state index < -0.39 is 0 Å². The number of hydrogen-bond acceptors (Lipinski definition) is 1. The minimum Gasteiger partial charge on any atom is -0.294 e. The molecule has 1 aromatic carbocycles. The Morgan fingerprint density at radius 1 is 1.05 bits per heavy atom. The highest BCUT2D eigenvalue weighted by Crippen LogP contribution is 2.46. The normalized spacial score (nSPS) is 20.2. The van der Waals surface area contributed by atoms with E-state index in [0.29, 0.717) is 23.5 Å². The number of carbonyl (C=O) groups excluding carboxylic acids is 1. The van der Waals surface area contributed by atoms with E-state index >= 15 is 0 Å². The molecule has 0 amide bonds. The summed E-state index contributed by atoms with van der Waals surface area (Å²) in [6.45, 7) is 4.20. The monoisotopic (exact) mass is 256 g/mol. The molecule has 0 saturated heterocycles. The van der Waals surface area contributed by atoms with Crippen LogP contribution in [0.25, 0.3) is 0 Å². The van der Waals surface area contributed by atoms with E-state index in [9.17, 15) is 4.79 Å². The van der Waals surface area contributed by atoms with E-state index in [1.165, 1.54) is 49.7 Å². The quantitative estimate of drug-likeness (QED) is 0.713. The van der Waals surface area contributed by atoms with Crippen molar-refractivity contribution in [3.63, 3.8) is 0 Å². The fraction of sp³-hybridized carbons (Fsp3) is 0.611. The molecule has 2 aliphatic rings. The maximum absolute atomic E-state index is 13.0. The van der Waals surface area contributed by atoms with Crippen LogP contribution in [0.4, 0.5) is 0 Å². The van der Waals surface area contributed by atoms with Crippen molar-refractivity contribution in [1.29, 1.82) is 0 Å². The van der Waals surface area contributed by atoms with Gasteiger partial charge in [-0.05, 0) is 62.5 Å². The average molecular weight is 256 g/mol. The van der Waals surface area contributed by atoms with Crippen LogP contribution in [-0.2, 0) is 0 Å². The van der Waals surface area contributed by atoms with Crippen molar-refractivity contribution in [2.24, 2.45) is 17.8 Å². The van der Waals surface area contributed by atoms with Gasteiger partial charge < -0.3 is 0 Å². The van der Waals surface area contributed by atoms with Crippen molar-refractivity contribution in [2.75, 3.05) is 0 Å². The lowest BCUT2D eigenvalue weighted by atomic mass is 9.62. The molecule has 0 unspecified atom stereocenters. The highest BCUT2D eigenvalue weighted by Gasteiger charge is 2.40. The van der Waals surface area contributed by atoms with Gasteiger partial charge in [0.15, 0.2) is 5.78 Å². The molecule has 0 heterocycles. The van der Waals surface area contributed by atoms with E-state index in [-0.39, 0.29) is 0 Å². The first kappa shape index (κ1) is 12.9. The predicted molar refractivity (Wildman–Crippen MR) is 78.4 cm³/mol. The third-order valence-electron chi connectivity index (χ3n) is 5.49. The molecule has 2 aliphatic carbocycles. The van der Waals surface area contributed by atoms with E-state index in [2.05, 4.69) is 19.9 Å². The SMILES string of the molecule is Cc1cccc(C(=O)C(C2CCC2)C2CCC2)c1C. The van der Waals surface area contributed by atoms with Crippen molar-refractivity contribution in [1.82, 2.24) is 0 Å².